The highest BCUT2D eigenvalue weighted by molar-refractivity contribution is 5.01. The first-order valence-corrected chi connectivity index (χ1v) is 5.55. The van der Waals surface area contributed by atoms with E-state index in [0.717, 1.165) is 4.90 Å². The van der Waals surface area contributed by atoms with Gasteiger partial charge in [-0.2, -0.15) is 39.5 Å². The van der Waals surface area contributed by atoms with Gasteiger partial charge in [-0.3, -0.25) is 0 Å². The highest BCUT2D eigenvalue weighted by Gasteiger charge is 2.81. The predicted molar refractivity (Wildman–Crippen MR) is 54.0 cm³/mol. The molecule has 1 rings (SSSR count). The van der Waals surface area contributed by atoms with Crippen LogP contribution >= 0.6 is 0 Å². The Balaban J connectivity index is 2.82. The molecule has 124 valence electrons. The molecule has 0 atom stereocenters. The molecule has 0 N–H and O–H groups in total. The average Bonchev–Trinajstić information content (AvgIpc) is 2.70. The Morgan fingerprint density at radius 3 is 1.76 bits per heavy atom. The number of nitrogens with zero attached hydrogens (tertiary/aromatic N) is 2. The molecule has 1 aliphatic heterocycles. The average molecular weight is 330 g/mol. The van der Waals surface area contributed by atoms with Gasteiger partial charge in [0.05, 0.1) is 6.67 Å². The van der Waals surface area contributed by atoms with Crippen molar-refractivity contribution >= 4 is 0 Å². The summed E-state index contributed by atoms with van der Waals surface area (Å²) in [6.45, 7) is -0.755. The van der Waals surface area contributed by atoms with Crippen LogP contribution in [0.3, 0.4) is 0 Å². The zero-order valence-corrected chi connectivity index (χ0v) is 10.6. The van der Waals surface area contributed by atoms with Gasteiger partial charge in [0.15, 0.2) is 0 Å². The third-order valence-electron chi connectivity index (χ3n) is 2.86. The molecule has 0 fully saturated rings. The van der Waals surface area contributed by atoms with Crippen LogP contribution in [0.2, 0.25) is 0 Å². The lowest BCUT2D eigenvalue weighted by Gasteiger charge is -2.34. The van der Waals surface area contributed by atoms with Crippen LogP contribution in [-0.4, -0.2) is 54.0 Å². The van der Waals surface area contributed by atoms with E-state index in [1.807, 2.05) is 0 Å². The molecule has 0 amide bonds. The van der Waals surface area contributed by atoms with E-state index >= 15 is 0 Å². The summed E-state index contributed by atoms with van der Waals surface area (Å²) in [5.41, 5.74) is 0. The molecule has 0 saturated heterocycles. The second-order valence-corrected chi connectivity index (χ2v) is 4.61. The lowest BCUT2D eigenvalue weighted by molar-refractivity contribution is -0.396. The Hall–Kier alpha value is -1.29. The molecule has 21 heavy (non-hydrogen) atoms. The molecule has 0 unspecified atom stereocenters. The predicted octanol–water partition coefficient (Wildman–Crippen LogP) is 3.52. The number of halogens is 9. The first kappa shape index (κ1) is 17.8. The molecule has 11 heteroatoms. The van der Waals surface area contributed by atoms with Crippen molar-refractivity contribution in [1.29, 1.82) is 0 Å². The summed E-state index contributed by atoms with van der Waals surface area (Å²) in [5, 5.41) is 0. The fourth-order valence-corrected chi connectivity index (χ4v) is 1.58. The summed E-state index contributed by atoms with van der Waals surface area (Å²) in [7, 11) is 1.53. The van der Waals surface area contributed by atoms with E-state index in [2.05, 4.69) is 0 Å². The summed E-state index contributed by atoms with van der Waals surface area (Å²) >= 11 is 0. The van der Waals surface area contributed by atoms with Gasteiger partial charge in [0.2, 0.25) is 0 Å². The molecule has 0 radical (unpaired) electrons. The maximum absolute atomic E-state index is 13.2. The van der Waals surface area contributed by atoms with Crippen LogP contribution in [0.25, 0.3) is 0 Å². The minimum Gasteiger partial charge on any atom is -0.362 e. The van der Waals surface area contributed by atoms with Crippen LogP contribution < -0.4 is 0 Å². The van der Waals surface area contributed by atoms with Gasteiger partial charge in [-0.15, -0.1) is 0 Å². The zero-order chi connectivity index (χ0) is 16.7. The zero-order valence-electron chi connectivity index (χ0n) is 10.6. The molecule has 0 saturated carbocycles. The van der Waals surface area contributed by atoms with E-state index < -0.39 is 36.9 Å². The number of alkyl halides is 9. The molecule has 0 aromatic heterocycles. The third-order valence-corrected chi connectivity index (χ3v) is 2.86. The highest BCUT2D eigenvalue weighted by atomic mass is 19.4. The van der Waals surface area contributed by atoms with Crippen molar-refractivity contribution < 1.29 is 39.5 Å². The van der Waals surface area contributed by atoms with Gasteiger partial charge in [0, 0.05) is 32.4 Å². The summed E-state index contributed by atoms with van der Waals surface area (Å²) in [4.78, 5) is 2.55. The van der Waals surface area contributed by atoms with Crippen molar-refractivity contribution in [3.05, 3.63) is 12.4 Å². The van der Waals surface area contributed by atoms with E-state index in [4.69, 9.17) is 0 Å². The number of rotatable bonds is 5. The summed E-state index contributed by atoms with van der Waals surface area (Å²) in [6.07, 6.45) is -5.98. The van der Waals surface area contributed by atoms with E-state index in [1.165, 1.54) is 24.3 Å². The molecular formula is C10H11F9N2. The van der Waals surface area contributed by atoms with Crippen LogP contribution in [0.4, 0.5) is 39.5 Å². The van der Waals surface area contributed by atoms with Crippen molar-refractivity contribution in [2.24, 2.45) is 0 Å². The smallest absolute Gasteiger partial charge is 0.362 e. The van der Waals surface area contributed by atoms with Crippen LogP contribution in [-0.2, 0) is 0 Å². The van der Waals surface area contributed by atoms with Crippen LogP contribution in [0, 0.1) is 0 Å². The van der Waals surface area contributed by atoms with Gasteiger partial charge in [0.25, 0.3) is 0 Å². The monoisotopic (exact) mass is 330 g/mol. The Labute approximate surface area is 113 Å². The Kier molecular flexibility index (Phi) is 4.37. The second-order valence-electron chi connectivity index (χ2n) is 4.61. The Bertz CT molecular complexity index is 402. The first-order valence-electron chi connectivity index (χ1n) is 5.55. The fourth-order valence-electron chi connectivity index (χ4n) is 1.58. The SMILES string of the molecule is CN1C=CN(CCC(F)(F)C(F)(F)C(F)(F)C(F)(F)F)C1. The van der Waals surface area contributed by atoms with Crippen LogP contribution in [0.1, 0.15) is 6.42 Å². The molecule has 0 spiro atoms. The van der Waals surface area contributed by atoms with Gasteiger partial charge in [0.1, 0.15) is 0 Å². The second kappa shape index (κ2) is 5.16. The molecule has 0 aliphatic carbocycles. The third kappa shape index (κ3) is 3.15. The Morgan fingerprint density at radius 2 is 1.38 bits per heavy atom. The van der Waals surface area contributed by atoms with E-state index in [0.29, 0.717) is 0 Å². The van der Waals surface area contributed by atoms with Crippen molar-refractivity contribution in [2.45, 2.75) is 30.4 Å². The lowest BCUT2D eigenvalue weighted by Crippen LogP contribution is -2.61. The number of hydrogen-bond donors (Lipinski definition) is 0. The van der Waals surface area contributed by atoms with E-state index in [1.54, 1.807) is 0 Å². The Morgan fingerprint density at radius 1 is 0.857 bits per heavy atom. The largest absolute Gasteiger partial charge is 0.460 e. The van der Waals surface area contributed by atoms with Gasteiger partial charge in [-0.25, -0.2) is 0 Å². The fraction of sp³-hybridized carbons (Fsp3) is 0.800. The number of hydrogen-bond acceptors (Lipinski definition) is 2. The standard InChI is InChI=1S/C10H11F9N2/c1-20-4-5-21(6-20)3-2-7(11,12)8(13,14)9(15,16)10(17,18)19/h4-5H,2-3,6H2,1H3. The van der Waals surface area contributed by atoms with Crippen molar-refractivity contribution in [3.63, 3.8) is 0 Å². The van der Waals surface area contributed by atoms with Crippen LogP contribution in [0.15, 0.2) is 12.4 Å². The molecule has 1 aliphatic rings. The molecule has 2 nitrogen and oxygen atoms in total. The summed E-state index contributed by atoms with van der Waals surface area (Å²) < 4.78 is 113. The van der Waals surface area contributed by atoms with Gasteiger partial charge < -0.3 is 9.80 Å². The first-order chi connectivity index (χ1) is 9.22. The summed E-state index contributed by atoms with van der Waals surface area (Å²) in [6, 6.07) is 0. The molecule has 0 aromatic rings. The van der Waals surface area contributed by atoms with Crippen molar-refractivity contribution in [1.82, 2.24) is 9.80 Å². The molecule has 0 aromatic carbocycles. The molecule has 0 bridgehead atoms. The minimum absolute atomic E-state index is 0.0390. The van der Waals surface area contributed by atoms with E-state index in [-0.39, 0.29) is 6.67 Å². The summed E-state index contributed by atoms with van der Waals surface area (Å²) in [5.74, 6) is -18.9. The van der Waals surface area contributed by atoms with Crippen molar-refractivity contribution in [3.8, 4) is 0 Å². The highest BCUT2D eigenvalue weighted by Crippen LogP contribution is 2.54. The quantitative estimate of drug-likeness (QED) is 0.712. The topological polar surface area (TPSA) is 6.48 Å². The van der Waals surface area contributed by atoms with Gasteiger partial charge in [-0.05, 0) is 0 Å². The van der Waals surface area contributed by atoms with E-state index in [9.17, 15) is 39.5 Å². The molecule has 1 heterocycles. The van der Waals surface area contributed by atoms with Crippen LogP contribution in [0.5, 0.6) is 0 Å². The molecular weight excluding hydrogens is 319 g/mol. The maximum Gasteiger partial charge on any atom is 0.460 e. The van der Waals surface area contributed by atoms with Gasteiger partial charge >= 0.3 is 23.9 Å². The lowest BCUT2D eigenvalue weighted by atomic mass is 10.0. The normalized spacial score (nSPS) is 17.8. The maximum atomic E-state index is 13.2. The van der Waals surface area contributed by atoms with Crippen molar-refractivity contribution in [2.75, 3.05) is 20.3 Å². The minimum atomic E-state index is -6.82. The van der Waals surface area contributed by atoms with Gasteiger partial charge in [-0.1, -0.05) is 0 Å².